The molecule has 0 aliphatic rings. The third-order valence-corrected chi connectivity index (χ3v) is 4.32. The van der Waals surface area contributed by atoms with Crippen molar-refractivity contribution in [3.05, 3.63) is 40.5 Å². The van der Waals surface area contributed by atoms with Crippen LogP contribution in [0.15, 0.2) is 39.8 Å². The van der Waals surface area contributed by atoms with Crippen molar-refractivity contribution in [3.8, 4) is 0 Å². The maximum Gasteiger partial charge on any atom is 0.417 e. The summed E-state index contributed by atoms with van der Waals surface area (Å²) in [4.78, 5) is -0.853. The predicted molar refractivity (Wildman–Crippen MR) is 68.5 cm³/mol. The number of alkyl halides is 3. The van der Waals surface area contributed by atoms with Gasteiger partial charge in [-0.15, -0.1) is 0 Å². The van der Waals surface area contributed by atoms with Crippen molar-refractivity contribution in [3.63, 3.8) is 0 Å². The van der Waals surface area contributed by atoms with Gasteiger partial charge in [-0.3, -0.25) is 9.82 Å². The number of halogens is 4. The number of benzene rings is 1. The van der Waals surface area contributed by atoms with Gasteiger partial charge in [0, 0.05) is 0 Å². The second-order valence-corrected chi connectivity index (χ2v) is 6.20. The van der Waals surface area contributed by atoms with Crippen LogP contribution in [0.4, 0.5) is 19.0 Å². The zero-order valence-corrected chi connectivity index (χ0v) is 12.0. The van der Waals surface area contributed by atoms with Crippen molar-refractivity contribution < 1.29 is 21.6 Å². The number of aromatic amines is 1. The molecule has 2 aromatic rings. The van der Waals surface area contributed by atoms with Gasteiger partial charge in [0.2, 0.25) is 0 Å². The normalized spacial score (nSPS) is 12.4. The van der Waals surface area contributed by atoms with E-state index in [9.17, 15) is 21.6 Å². The molecule has 0 fully saturated rings. The van der Waals surface area contributed by atoms with Crippen molar-refractivity contribution in [1.29, 1.82) is 0 Å². The van der Waals surface area contributed by atoms with E-state index in [0.29, 0.717) is 6.07 Å². The molecule has 0 saturated heterocycles. The molecule has 5 nitrogen and oxygen atoms in total. The Hall–Kier alpha value is -1.55. The van der Waals surface area contributed by atoms with Crippen LogP contribution < -0.4 is 4.72 Å². The standard InChI is InChI=1S/C10H7BrF3N3O2S/c11-7-5-15-16-9(7)17-20(18,19)8-4-2-1-3-6(8)10(12,13)14/h1-5H,(H2,15,16,17). The third kappa shape index (κ3) is 2.96. The first-order valence-corrected chi connectivity index (χ1v) is 7.37. The van der Waals surface area contributed by atoms with E-state index in [0.717, 1.165) is 12.1 Å². The minimum atomic E-state index is -4.77. The maximum absolute atomic E-state index is 12.8. The molecule has 0 spiro atoms. The summed E-state index contributed by atoms with van der Waals surface area (Å²) in [6.07, 6.45) is -3.50. The average molecular weight is 370 g/mol. The Morgan fingerprint density at radius 2 is 1.90 bits per heavy atom. The molecule has 1 aromatic carbocycles. The minimum absolute atomic E-state index is 0.0537. The second kappa shape index (κ2) is 5.09. The van der Waals surface area contributed by atoms with Gasteiger partial charge in [0.25, 0.3) is 10.0 Å². The highest BCUT2D eigenvalue weighted by atomic mass is 79.9. The van der Waals surface area contributed by atoms with Crippen molar-refractivity contribution in [1.82, 2.24) is 10.2 Å². The molecule has 0 radical (unpaired) electrons. The first-order chi connectivity index (χ1) is 9.22. The van der Waals surface area contributed by atoms with Gasteiger partial charge < -0.3 is 0 Å². The number of nitrogens with one attached hydrogen (secondary N) is 2. The van der Waals surface area contributed by atoms with Crippen LogP contribution in [-0.2, 0) is 16.2 Å². The molecule has 1 aromatic heterocycles. The van der Waals surface area contributed by atoms with Gasteiger partial charge in [0.1, 0.15) is 5.82 Å². The summed E-state index contributed by atoms with van der Waals surface area (Å²) in [7, 11) is -4.39. The van der Waals surface area contributed by atoms with Crippen LogP contribution in [0.5, 0.6) is 0 Å². The third-order valence-electron chi connectivity index (χ3n) is 2.31. The molecular formula is C10H7BrF3N3O2S. The lowest BCUT2D eigenvalue weighted by molar-refractivity contribution is -0.139. The molecule has 0 saturated carbocycles. The Kier molecular flexibility index (Phi) is 3.78. The SMILES string of the molecule is O=S(=O)(Nc1[nH]ncc1Br)c1ccccc1C(F)(F)F. The first kappa shape index (κ1) is 14.9. The van der Waals surface area contributed by atoms with Crippen molar-refractivity contribution >= 4 is 31.8 Å². The van der Waals surface area contributed by atoms with E-state index >= 15 is 0 Å². The number of nitrogens with zero attached hydrogens (tertiary/aromatic N) is 1. The monoisotopic (exact) mass is 369 g/mol. The van der Waals surface area contributed by atoms with E-state index in [1.165, 1.54) is 12.3 Å². The Morgan fingerprint density at radius 1 is 1.25 bits per heavy atom. The van der Waals surface area contributed by atoms with Gasteiger partial charge in [0.05, 0.1) is 21.1 Å². The Balaban J connectivity index is 2.48. The lowest BCUT2D eigenvalue weighted by Gasteiger charge is -2.13. The summed E-state index contributed by atoms with van der Waals surface area (Å²) in [6.45, 7) is 0. The summed E-state index contributed by atoms with van der Waals surface area (Å²) < 4.78 is 64.8. The summed E-state index contributed by atoms with van der Waals surface area (Å²) in [5.74, 6) is -0.0537. The molecular weight excluding hydrogens is 363 g/mol. The first-order valence-electron chi connectivity index (χ1n) is 5.10. The molecule has 10 heteroatoms. The minimum Gasteiger partial charge on any atom is -0.263 e. The lowest BCUT2D eigenvalue weighted by Crippen LogP contribution is -2.19. The number of H-pyrrole nitrogens is 1. The zero-order valence-electron chi connectivity index (χ0n) is 9.57. The quantitative estimate of drug-likeness (QED) is 0.873. The summed E-state index contributed by atoms with van der Waals surface area (Å²) in [5.41, 5.74) is -1.23. The fourth-order valence-corrected chi connectivity index (χ4v) is 3.15. The Bertz CT molecular complexity index is 727. The average Bonchev–Trinajstić information content (AvgIpc) is 2.73. The smallest absolute Gasteiger partial charge is 0.263 e. The van der Waals surface area contributed by atoms with E-state index in [4.69, 9.17) is 0 Å². The van der Waals surface area contributed by atoms with E-state index < -0.39 is 26.7 Å². The molecule has 1 heterocycles. The van der Waals surface area contributed by atoms with E-state index in [1.807, 2.05) is 4.72 Å². The second-order valence-electron chi connectivity index (χ2n) is 3.69. The highest BCUT2D eigenvalue weighted by molar-refractivity contribution is 9.10. The summed E-state index contributed by atoms with van der Waals surface area (Å²) in [6, 6.07) is 3.92. The molecule has 20 heavy (non-hydrogen) atoms. The fourth-order valence-electron chi connectivity index (χ4n) is 1.47. The molecule has 0 amide bonds. The lowest BCUT2D eigenvalue weighted by atomic mass is 10.2. The molecule has 0 aliphatic carbocycles. The van der Waals surface area contributed by atoms with Gasteiger partial charge in [0.15, 0.2) is 0 Å². The van der Waals surface area contributed by atoms with Crippen LogP contribution in [-0.4, -0.2) is 18.6 Å². The molecule has 0 atom stereocenters. The highest BCUT2D eigenvalue weighted by Crippen LogP contribution is 2.34. The number of hydrogen-bond acceptors (Lipinski definition) is 3. The molecule has 0 unspecified atom stereocenters. The Morgan fingerprint density at radius 3 is 2.45 bits per heavy atom. The topological polar surface area (TPSA) is 74.8 Å². The molecule has 2 N–H and O–H groups in total. The Labute approximate surface area is 120 Å². The van der Waals surface area contributed by atoms with Gasteiger partial charge in [-0.2, -0.15) is 18.3 Å². The molecule has 2 rings (SSSR count). The maximum atomic E-state index is 12.8. The van der Waals surface area contributed by atoms with Gasteiger partial charge in [-0.1, -0.05) is 12.1 Å². The number of sulfonamides is 1. The van der Waals surface area contributed by atoms with Crippen LogP contribution >= 0.6 is 15.9 Å². The van der Waals surface area contributed by atoms with Crippen LogP contribution in [0.1, 0.15) is 5.56 Å². The summed E-state index contributed by atoms with van der Waals surface area (Å²) >= 11 is 3.01. The van der Waals surface area contributed by atoms with Crippen molar-refractivity contribution in [2.75, 3.05) is 4.72 Å². The number of hydrogen-bond donors (Lipinski definition) is 2. The van der Waals surface area contributed by atoms with Crippen molar-refractivity contribution in [2.45, 2.75) is 11.1 Å². The molecule has 0 bridgehead atoms. The van der Waals surface area contributed by atoms with E-state index in [1.54, 1.807) is 0 Å². The molecule has 108 valence electrons. The predicted octanol–water partition coefficient (Wildman–Crippen LogP) is 2.99. The number of aromatic nitrogens is 2. The van der Waals surface area contributed by atoms with E-state index in [2.05, 4.69) is 26.1 Å². The molecule has 0 aliphatic heterocycles. The highest BCUT2D eigenvalue weighted by Gasteiger charge is 2.37. The van der Waals surface area contributed by atoms with Crippen molar-refractivity contribution in [2.24, 2.45) is 0 Å². The number of anilines is 1. The number of rotatable bonds is 3. The fraction of sp³-hybridized carbons (Fsp3) is 0.100. The van der Waals surface area contributed by atoms with Crippen LogP contribution in [0.2, 0.25) is 0 Å². The van der Waals surface area contributed by atoms with Gasteiger partial charge in [-0.25, -0.2) is 8.42 Å². The van der Waals surface area contributed by atoms with Crippen LogP contribution in [0.3, 0.4) is 0 Å². The largest absolute Gasteiger partial charge is 0.417 e. The van der Waals surface area contributed by atoms with Crippen LogP contribution in [0.25, 0.3) is 0 Å². The van der Waals surface area contributed by atoms with Crippen LogP contribution in [0, 0.1) is 0 Å². The van der Waals surface area contributed by atoms with Gasteiger partial charge in [-0.05, 0) is 28.1 Å². The summed E-state index contributed by atoms with van der Waals surface area (Å²) in [5, 5.41) is 5.87. The van der Waals surface area contributed by atoms with Gasteiger partial charge >= 0.3 is 6.18 Å². The van der Waals surface area contributed by atoms with E-state index in [-0.39, 0.29) is 10.3 Å². The zero-order chi connectivity index (χ0) is 15.0.